The molecule has 0 radical (unpaired) electrons. The summed E-state index contributed by atoms with van der Waals surface area (Å²) >= 11 is 6.63. The van der Waals surface area contributed by atoms with Crippen molar-refractivity contribution in [3.05, 3.63) is 130 Å². The van der Waals surface area contributed by atoms with Gasteiger partial charge >= 0.3 is 75.5 Å². The van der Waals surface area contributed by atoms with Crippen molar-refractivity contribution in [2.24, 2.45) is 4.99 Å². The minimum absolute atomic E-state index is 0. The van der Waals surface area contributed by atoms with Gasteiger partial charge in [-0.15, -0.1) is 24.3 Å². The van der Waals surface area contributed by atoms with Crippen LogP contribution < -0.4 is 73.9 Å². The number of pyridine rings is 1. The van der Waals surface area contributed by atoms with Gasteiger partial charge in [0.15, 0.2) is 5.71 Å². The van der Waals surface area contributed by atoms with Crippen LogP contribution in [0.2, 0.25) is 5.02 Å². The standard InChI is InChI=1S/C46H52ClN5O6S.2Na.O3S/c1-6-7-25-50-31-35(47)30-37-44(50)49-39(45(37,2)3)19-17-33(18-20-40-46(4,5)36-14-8-9-15-38(36)51(40)26-11-28-59(56,57)58)34-13-10-12-32(29-34)16-21-41(53)48-24-27-52-42(54)22-23-43(52)55;;;1-4(2)3/h9-10,12-15,17-20,22-23,29-31H,6-7,11,16,21,24-28H2,1-5H3,(H,48,53)(H,56,57,58);;;/q;2*+1;/p-1. The van der Waals surface area contributed by atoms with Gasteiger partial charge in [-0.25, -0.2) is 13.0 Å². The van der Waals surface area contributed by atoms with Gasteiger partial charge in [-0.1, -0.05) is 80.9 Å². The predicted molar refractivity (Wildman–Crippen MR) is 240 cm³/mol. The Labute approximate surface area is 432 Å². The van der Waals surface area contributed by atoms with Crippen molar-refractivity contribution in [3.8, 4) is 0 Å². The summed E-state index contributed by atoms with van der Waals surface area (Å²) in [6.07, 6.45) is 15.5. The molecule has 0 spiro atoms. The fourth-order valence-electron chi connectivity index (χ4n) is 7.82. The van der Waals surface area contributed by atoms with E-state index >= 15 is 0 Å². The number of carbonyl (C=O) groups excluding carboxylic acids is 3. The number of hydrogen-bond donors (Lipinski definition) is 1. The van der Waals surface area contributed by atoms with Gasteiger partial charge in [-0.05, 0) is 78.4 Å². The molecular formula is C46H51ClN5Na2O9S2+. The number of unbranched alkanes of at least 4 members (excludes halogenated alkanes) is 1. The summed E-state index contributed by atoms with van der Waals surface area (Å²) < 4.78 is 62.2. The Morgan fingerprint density at radius 2 is 1.68 bits per heavy atom. The fourth-order valence-corrected chi connectivity index (χ4v) is 8.53. The number of allylic oxidation sites excluding steroid dienone is 6. The van der Waals surface area contributed by atoms with Crippen LogP contribution in [0.4, 0.5) is 11.5 Å². The largest absolute Gasteiger partial charge is 1.00 e. The van der Waals surface area contributed by atoms with Gasteiger partial charge in [0.25, 0.3) is 11.8 Å². The molecule has 65 heavy (non-hydrogen) atoms. The first-order valence-corrected chi connectivity index (χ1v) is 23.5. The van der Waals surface area contributed by atoms with Crippen LogP contribution in [0.15, 0.2) is 102 Å². The number of fused-ring (bicyclic) bond motifs is 2. The number of hydrogen-bond acceptors (Lipinski definition) is 11. The number of anilines is 1. The Morgan fingerprint density at radius 1 is 0.985 bits per heavy atom. The van der Waals surface area contributed by atoms with Crippen LogP contribution in [0.5, 0.6) is 0 Å². The van der Waals surface area contributed by atoms with Crippen molar-refractivity contribution < 1.29 is 104 Å². The van der Waals surface area contributed by atoms with E-state index in [4.69, 9.17) is 29.2 Å². The van der Waals surface area contributed by atoms with Crippen LogP contribution in [0.3, 0.4) is 0 Å². The number of aryl methyl sites for hydroxylation is 2. The molecule has 2 aromatic carbocycles. The third-order valence-electron chi connectivity index (χ3n) is 11.2. The Morgan fingerprint density at radius 3 is 2.34 bits per heavy atom. The maximum atomic E-state index is 12.8. The number of halogens is 1. The van der Waals surface area contributed by atoms with Gasteiger partial charge in [0.1, 0.15) is 6.20 Å². The van der Waals surface area contributed by atoms with Crippen molar-refractivity contribution in [1.29, 1.82) is 0 Å². The summed E-state index contributed by atoms with van der Waals surface area (Å²) in [6.45, 7) is 12.1. The smallest absolute Gasteiger partial charge is 0.748 e. The molecule has 19 heteroatoms. The molecule has 3 aromatic rings. The van der Waals surface area contributed by atoms with Gasteiger partial charge in [-0.2, -0.15) is 18.2 Å². The summed E-state index contributed by atoms with van der Waals surface area (Å²) in [7, 11) is -7.49. The number of amides is 3. The number of nitrogens with one attached hydrogen (secondary N) is 1. The maximum Gasteiger partial charge on any atom is 1.00 e. The Bertz CT molecular complexity index is 2640. The fraction of sp³-hybridized carbons (Fsp3) is 0.370. The molecule has 1 aromatic heterocycles. The molecule has 0 bridgehead atoms. The molecule has 1 N–H and O–H groups in total. The second kappa shape index (κ2) is 24.5. The number of nitrogens with zero attached hydrogens (tertiary/aromatic N) is 4. The molecule has 3 aliphatic rings. The first-order valence-electron chi connectivity index (χ1n) is 20.5. The van der Waals surface area contributed by atoms with Crippen molar-refractivity contribution in [1.82, 2.24) is 10.2 Å². The maximum absolute atomic E-state index is 12.8. The van der Waals surface area contributed by atoms with E-state index in [1.807, 2.05) is 54.7 Å². The quantitative estimate of drug-likeness (QED) is 0.0474. The first kappa shape index (κ1) is 55.8. The van der Waals surface area contributed by atoms with E-state index in [1.54, 1.807) is 0 Å². The topological polar surface area (TPSA) is 194 Å². The zero-order valence-corrected chi connectivity index (χ0v) is 44.3. The van der Waals surface area contributed by atoms with Crippen LogP contribution in [0.1, 0.15) is 82.6 Å². The minimum atomic E-state index is -4.38. The van der Waals surface area contributed by atoms with Crippen LogP contribution in [0, 0.1) is 6.07 Å². The zero-order valence-electron chi connectivity index (χ0n) is 37.9. The van der Waals surface area contributed by atoms with Crippen molar-refractivity contribution in [3.63, 3.8) is 0 Å². The van der Waals surface area contributed by atoms with Crippen molar-refractivity contribution >= 4 is 72.8 Å². The number of aliphatic imine (C=N–C) groups is 1. The van der Waals surface area contributed by atoms with E-state index in [2.05, 4.69) is 79.8 Å². The normalized spacial score (nSPS) is 16.4. The van der Waals surface area contributed by atoms with Crippen LogP contribution in [-0.2, 0) is 58.9 Å². The molecular weight excluding hydrogens is 912 g/mol. The molecule has 0 saturated carbocycles. The average molecular weight is 964 g/mol. The van der Waals surface area contributed by atoms with Crippen LogP contribution in [0.25, 0.3) is 5.57 Å². The van der Waals surface area contributed by atoms with Crippen molar-refractivity contribution in [2.45, 2.75) is 84.1 Å². The number of rotatable bonds is 17. The molecule has 4 heterocycles. The molecule has 0 unspecified atom stereocenters. The second-order valence-electron chi connectivity index (χ2n) is 16.3. The summed E-state index contributed by atoms with van der Waals surface area (Å²) in [5.74, 6) is -0.521. The number of benzene rings is 2. The van der Waals surface area contributed by atoms with E-state index in [-0.39, 0.29) is 103 Å². The third kappa shape index (κ3) is 14.7. The van der Waals surface area contributed by atoms with Gasteiger partial charge in [0.05, 0.1) is 32.7 Å². The second-order valence-corrected chi connectivity index (χ2v) is 18.7. The Kier molecular flexibility index (Phi) is 21.0. The molecule has 334 valence electrons. The molecule has 0 atom stereocenters. The molecule has 0 fully saturated rings. The number of imide groups is 1. The van der Waals surface area contributed by atoms with Gasteiger partial charge in [0.2, 0.25) is 5.91 Å². The van der Waals surface area contributed by atoms with E-state index in [0.29, 0.717) is 18.0 Å². The van der Waals surface area contributed by atoms with E-state index in [0.717, 1.165) is 75.0 Å². The summed E-state index contributed by atoms with van der Waals surface area (Å²) in [5, 5.41) is 3.48. The van der Waals surface area contributed by atoms with Crippen LogP contribution in [-0.4, -0.2) is 79.3 Å². The number of aromatic nitrogens is 1. The Balaban J connectivity index is 0.00000179. The monoisotopic (exact) mass is 962 g/mol. The molecule has 14 nitrogen and oxygen atoms in total. The Hall–Kier alpha value is -3.55. The summed E-state index contributed by atoms with van der Waals surface area (Å²) in [4.78, 5) is 44.9. The molecule has 0 saturated heterocycles. The average Bonchev–Trinajstić information content (AvgIpc) is 3.75. The minimum Gasteiger partial charge on any atom is -0.748 e. The molecule has 3 amide bonds. The van der Waals surface area contributed by atoms with Crippen LogP contribution >= 0.6 is 11.6 Å². The molecule has 6 rings (SSSR count). The van der Waals surface area contributed by atoms with Gasteiger partial charge in [0, 0.05) is 49.7 Å². The molecule has 3 aliphatic heterocycles. The van der Waals surface area contributed by atoms with Gasteiger partial charge < -0.3 is 14.8 Å². The summed E-state index contributed by atoms with van der Waals surface area (Å²) in [5.41, 5.74) is 6.72. The van der Waals surface area contributed by atoms with Crippen molar-refractivity contribution in [2.75, 3.05) is 30.3 Å². The first-order chi connectivity index (χ1) is 29.7. The van der Waals surface area contributed by atoms with E-state index in [1.165, 1.54) is 12.2 Å². The number of carbonyl (C=O) groups is 3. The molecule has 0 aliphatic carbocycles. The SMILES string of the molecule is CCCC[n+]1cc(Cl)cc2c1N=C(/C=C/C(=C/C=C1/N(CCCS(=O)(=O)[O-])c3cc[c-]cc3C1(C)C)c1cccc(CCC(=O)NCCN3C(=O)C=CC3=O)c1)C2(C)C.O=S(=O)=O.[Na+].[Na+]. The zero-order chi connectivity index (χ0) is 46.1. The third-order valence-corrected chi connectivity index (χ3v) is 12.2. The predicted octanol–water partition coefficient (Wildman–Crippen LogP) is -0.174. The van der Waals surface area contributed by atoms with Gasteiger partial charge in [-0.3, -0.25) is 19.3 Å². The summed E-state index contributed by atoms with van der Waals surface area (Å²) in [6, 6.07) is 19.0. The van der Waals surface area contributed by atoms with E-state index < -0.39 is 37.3 Å². The van der Waals surface area contributed by atoms with E-state index in [9.17, 15) is 27.4 Å².